The maximum absolute atomic E-state index is 11.4. The highest BCUT2D eigenvalue weighted by Gasteiger charge is 2.11. The normalized spacial score (nSPS) is 10.5. The number of carbonyl (C=O) groups is 1. The molecule has 0 spiro atoms. The SMILES string of the molecule is COc1cc(C(C)=O)ccc1OCc1ncc(-c2ccc(Cl)cc2)o1. The van der Waals surface area contributed by atoms with Gasteiger partial charge in [-0.1, -0.05) is 11.6 Å². The summed E-state index contributed by atoms with van der Waals surface area (Å²) >= 11 is 5.88. The lowest BCUT2D eigenvalue weighted by atomic mass is 10.1. The highest BCUT2D eigenvalue weighted by Crippen LogP contribution is 2.29. The van der Waals surface area contributed by atoms with Crippen molar-refractivity contribution in [3.05, 3.63) is 65.1 Å². The minimum absolute atomic E-state index is 0.0369. The van der Waals surface area contributed by atoms with Crippen LogP contribution in [0.15, 0.2) is 53.1 Å². The van der Waals surface area contributed by atoms with Crippen molar-refractivity contribution in [2.75, 3.05) is 7.11 Å². The van der Waals surface area contributed by atoms with Crippen LogP contribution in [-0.4, -0.2) is 17.9 Å². The van der Waals surface area contributed by atoms with Gasteiger partial charge in [0.2, 0.25) is 5.89 Å². The van der Waals surface area contributed by atoms with E-state index in [0.717, 1.165) is 5.56 Å². The van der Waals surface area contributed by atoms with Crippen molar-refractivity contribution in [2.45, 2.75) is 13.5 Å². The van der Waals surface area contributed by atoms with Crippen LogP contribution in [0.25, 0.3) is 11.3 Å². The third-order valence-corrected chi connectivity index (χ3v) is 3.86. The summed E-state index contributed by atoms with van der Waals surface area (Å²) < 4.78 is 16.7. The zero-order chi connectivity index (χ0) is 17.8. The molecule has 0 fully saturated rings. The van der Waals surface area contributed by atoms with Gasteiger partial charge in [-0.25, -0.2) is 4.98 Å². The fourth-order valence-electron chi connectivity index (χ4n) is 2.27. The summed E-state index contributed by atoms with van der Waals surface area (Å²) in [4.78, 5) is 15.6. The third-order valence-electron chi connectivity index (χ3n) is 3.60. The van der Waals surface area contributed by atoms with Crippen LogP contribution in [0.3, 0.4) is 0 Å². The molecule has 2 aromatic carbocycles. The van der Waals surface area contributed by atoms with Crippen molar-refractivity contribution in [1.82, 2.24) is 4.98 Å². The monoisotopic (exact) mass is 357 g/mol. The number of hydrogen-bond acceptors (Lipinski definition) is 5. The van der Waals surface area contributed by atoms with E-state index in [9.17, 15) is 4.79 Å². The van der Waals surface area contributed by atoms with E-state index in [1.165, 1.54) is 14.0 Å². The molecule has 6 heteroatoms. The lowest BCUT2D eigenvalue weighted by Crippen LogP contribution is -2.00. The molecule has 3 aromatic rings. The molecule has 0 saturated heterocycles. The number of methoxy groups -OCH3 is 1. The second-order valence-corrected chi connectivity index (χ2v) is 5.77. The number of nitrogens with zero attached hydrogens (tertiary/aromatic N) is 1. The zero-order valence-corrected chi connectivity index (χ0v) is 14.5. The van der Waals surface area contributed by atoms with Gasteiger partial charge >= 0.3 is 0 Å². The van der Waals surface area contributed by atoms with E-state index in [2.05, 4.69) is 4.98 Å². The topological polar surface area (TPSA) is 61.6 Å². The number of halogens is 1. The molecule has 0 amide bonds. The quantitative estimate of drug-likeness (QED) is 0.594. The number of ether oxygens (including phenoxy) is 2. The first-order chi connectivity index (χ1) is 12.1. The first-order valence-corrected chi connectivity index (χ1v) is 7.97. The molecule has 0 N–H and O–H groups in total. The van der Waals surface area contributed by atoms with Crippen molar-refractivity contribution in [1.29, 1.82) is 0 Å². The van der Waals surface area contributed by atoms with Gasteiger partial charge in [0, 0.05) is 16.1 Å². The number of aromatic nitrogens is 1. The minimum atomic E-state index is -0.0369. The summed E-state index contributed by atoms with van der Waals surface area (Å²) in [5.41, 5.74) is 1.44. The van der Waals surface area contributed by atoms with Crippen molar-refractivity contribution in [3.63, 3.8) is 0 Å². The molecule has 0 aliphatic rings. The average Bonchev–Trinajstić information content (AvgIpc) is 3.09. The molecule has 1 heterocycles. The third kappa shape index (κ3) is 4.00. The van der Waals surface area contributed by atoms with Crippen molar-refractivity contribution < 1.29 is 18.7 Å². The number of carbonyl (C=O) groups excluding carboxylic acids is 1. The largest absolute Gasteiger partial charge is 0.493 e. The predicted molar refractivity (Wildman–Crippen MR) is 94.3 cm³/mol. The Morgan fingerprint density at radius 1 is 1.16 bits per heavy atom. The van der Waals surface area contributed by atoms with Crippen molar-refractivity contribution in [2.24, 2.45) is 0 Å². The van der Waals surface area contributed by atoms with Gasteiger partial charge in [0.1, 0.15) is 0 Å². The molecule has 0 aliphatic heterocycles. The molecule has 0 atom stereocenters. The van der Waals surface area contributed by atoms with E-state index in [4.69, 9.17) is 25.5 Å². The fourth-order valence-corrected chi connectivity index (χ4v) is 2.40. The first kappa shape index (κ1) is 17.0. The number of ketones is 1. The van der Waals surface area contributed by atoms with E-state index >= 15 is 0 Å². The summed E-state index contributed by atoms with van der Waals surface area (Å²) in [6.45, 7) is 1.64. The Hall–Kier alpha value is -2.79. The Kier molecular flexibility index (Phi) is 5.05. The van der Waals surface area contributed by atoms with Gasteiger partial charge in [-0.05, 0) is 49.4 Å². The van der Waals surface area contributed by atoms with Gasteiger partial charge in [0.05, 0.1) is 13.3 Å². The van der Waals surface area contributed by atoms with Crippen LogP contribution in [-0.2, 0) is 6.61 Å². The summed E-state index contributed by atoms with van der Waals surface area (Å²) in [5, 5.41) is 0.660. The number of oxazole rings is 1. The first-order valence-electron chi connectivity index (χ1n) is 7.59. The Morgan fingerprint density at radius 3 is 2.60 bits per heavy atom. The summed E-state index contributed by atoms with van der Waals surface area (Å²) in [5.74, 6) is 2.03. The molecule has 128 valence electrons. The Morgan fingerprint density at radius 2 is 1.92 bits per heavy atom. The number of rotatable bonds is 6. The van der Waals surface area contributed by atoms with Gasteiger partial charge < -0.3 is 13.9 Å². The lowest BCUT2D eigenvalue weighted by Gasteiger charge is -2.10. The Labute approximate surface area is 150 Å². The highest BCUT2D eigenvalue weighted by molar-refractivity contribution is 6.30. The van der Waals surface area contributed by atoms with Crippen LogP contribution in [0.2, 0.25) is 5.02 Å². The van der Waals surface area contributed by atoms with Gasteiger partial charge in [0.15, 0.2) is 29.6 Å². The van der Waals surface area contributed by atoms with Crippen molar-refractivity contribution >= 4 is 17.4 Å². The molecule has 0 radical (unpaired) electrons. The van der Waals surface area contributed by atoms with Gasteiger partial charge in [-0.15, -0.1) is 0 Å². The molecular weight excluding hydrogens is 342 g/mol. The van der Waals surface area contributed by atoms with E-state index in [-0.39, 0.29) is 12.4 Å². The molecule has 0 saturated carbocycles. The van der Waals surface area contributed by atoms with Gasteiger partial charge in [0.25, 0.3) is 0 Å². The molecule has 0 bridgehead atoms. The van der Waals surface area contributed by atoms with Crippen LogP contribution in [0, 0.1) is 0 Å². The number of Topliss-reactive ketones (excluding diaryl/α,β-unsaturated/α-hetero) is 1. The second-order valence-electron chi connectivity index (χ2n) is 5.34. The molecule has 0 unspecified atom stereocenters. The minimum Gasteiger partial charge on any atom is -0.493 e. The molecular formula is C19H16ClNO4. The molecule has 3 rings (SSSR count). The predicted octanol–water partition coefficient (Wildman–Crippen LogP) is 4.79. The van der Waals surface area contributed by atoms with E-state index in [1.807, 2.05) is 12.1 Å². The van der Waals surface area contributed by atoms with Crippen LogP contribution in [0.4, 0.5) is 0 Å². The summed E-state index contributed by atoms with van der Waals surface area (Å²) in [7, 11) is 1.52. The lowest BCUT2D eigenvalue weighted by molar-refractivity contribution is 0.101. The zero-order valence-electron chi connectivity index (χ0n) is 13.8. The number of benzene rings is 2. The standard InChI is InChI=1S/C19H16ClNO4/c1-12(22)14-5-8-16(17(9-14)23-2)24-11-19-21-10-18(25-19)13-3-6-15(20)7-4-13/h3-10H,11H2,1-2H3. The van der Waals surface area contributed by atoms with Crippen LogP contribution >= 0.6 is 11.6 Å². The number of hydrogen-bond donors (Lipinski definition) is 0. The van der Waals surface area contributed by atoms with E-state index < -0.39 is 0 Å². The maximum atomic E-state index is 11.4. The average molecular weight is 358 g/mol. The molecule has 0 aliphatic carbocycles. The van der Waals surface area contributed by atoms with Crippen LogP contribution in [0.5, 0.6) is 11.5 Å². The highest BCUT2D eigenvalue weighted by atomic mass is 35.5. The molecule has 5 nitrogen and oxygen atoms in total. The van der Waals surface area contributed by atoms with Gasteiger partial charge in [-0.3, -0.25) is 4.79 Å². The Balaban J connectivity index is 1.72. The molecule has 1 aromatic heterocycles. The second kappa shape index (κ2) is 7.40. The van der Waals surface area contributed by atoms with Crippen LogP contribution < -0.4 is 9.47 Å². The van der Waals surface area contributed by atoms with Crippen molar-refractivity contribution in [3.8, 4) is 22.8 Å². The van der Waals surface area contributed by atoms with E-state index in [0.29, 0.717) is 33.7 Å². The maximum Gasteiger partial charge on any atom is 0.232 e. The smallest absolute Gasteiger partial charge is 0.232 e. The fraction of sp³-hybridized carbons (Fsp3) is 0.158. The summed E-state index contributed by atoms with van der Waals surface area (Å²) in [6, 6.07) is 12.3. The summed E-state index contributed by atoms with van der Waals surface area (Å²) in [6.07, 6.45) is 1.64. The van der Waals surface area contributed by atoms with Gasteiger partial charge in [-0.2, -0.15) is 0 Å². The van der Waals surface area contributed by atoms with E-state index in [1.54, 1.807) is 36.5 Å². The molecule has 25 heavy (non-hydrogen) atoms. The Bertz CT molecular complexity index is 887. The van der Waals surface area contributed by atoms with Crippen LogP contribution in [0.1, 0.15) is 23.2 Å².